The van der Waals surface area contributed by atoms with Crippen LogP contribution in [-0.2, 0) is 0 Å². The summed E-state index contributed by atoms with van der Waals surface area (Å²) < 4.78 is 19.3. The zero-order valence-corrected chi connectivity index (χ0v) is 19.4. The molecule has 3 aromatic rings. The van der Waals surface area contributed by atoms with Gasteiger partial charge in [0.05, 0.1) is 0 Å². The quantitative estimate of drug-likeness (QED) is 0.467. The van der Waals surface area contributed by atoms with E-state index in [-0.39, 0.29) is 22.0 Å². The van der Waals surface area contributed by atoms with Crippen molar-refractivity contribution in [1.82, 2.24) is 9.88 Å². The number of likely N-dealkylation sites (tertiary alicyclic amines) is 1. The maximum absolute atomic E-state index is 13.4. The van der Waals surface area contributed by atoms with Gasteiger partial charge in [0.25, 0.3) is 0 Å². The van der Waals surface area contributed by atoms with Crippen LogP contribution in [0.3, 0.4) is 0 Å². The molecule has 2 aromatic carbocycles. The third-order valence-corrected chi connectivity index (χ3v) is 6.15. The number of nitrogens with one attached hydrogen (secondary N) is 1. The number of ether oxygens (including phenoxy) is 1. The van der Waals surface area contributed by atoms with Gasteiger partial charge in [-0.1, -0.05) is 37.3 Å². The molecule has 1 aliphatic heterocycles. The highest BCUT2D eigenvalue weighted by Gasteiger charge is 2.21. The Hall–Kier alpha value is -2.97. The van der Waals surface area contributed by atoms with Crippen LogP contribution in [-0.4, -0.2) is 41.9 Å². The number of ketones is 1. The summed E-state index contributed by atoms with van der Waals surface area (Å²) in [5, 5.41) is 3.65. The first-order chi connectivity index (χ1) is 15.5. The molecule has 1 saturated heterocycles. The molecule has 0 spiro atoms. The number of carbonyl (C=O) groups is 1. The van der Waals surface area contributed by atoms with E-state index in [2.05, 4.69) is 22.2 Å². The van der Waals surface area contributed by atoms with Crippen molar-refractivity contribution in [2.45, 2.75) is 32.7 Å². The van der Waals surface area contributed by atoms with Gasteiger partial charge in [-0.2, -0.15) is 0 Å². The fraction of sp³-hybridized carbons (Fsp3) is 0.333. The Bertz CT molecular complexity index is 1040. The zero-order chi connectivity index (χ0) is 23.1. The molecule has 8 heteroatoms. The number of nitrogens with two attached hydrogens (primary N) is 1. The number of anilines is 3. The van der Waals surface area contributed by atoms with E-state index in [1.807, 2.05) is 38.1 Å². The lowest BCUT2D eigenvalue weighted by molar-refractivity contribution is 0.104. The topological polar surface area (TPSA) is 80.5 Å². The first kappa shape index (κ1) is 23.7. The number of rotatable bonds is 7. The number of hydrogen-bond donors (Lipinski definition) is 2. The van der Waals surface area contributed by atoms with Gasteiger partial charge in [-0.15, -0.1) is 0 Å². The Balaban J connectivity index is 0.00000141. The van der Waals surface area contributed by atoms with Crippen molar-refractivity contribution in [2.24, 2.45) is 0 Å². The smallest absolute Gasteiger partial charge is 0.206 e. The molecule has 1 aromatic heterocycles. The largest absolute Gasteiger partial charge is 0.492 e. The van der Waals surface area contributed by atoms with Gasteiger partial charge in [0.1, 0.15) is 28.9 Å². The van der Waals surface area contributed by atoms with Gasteiger partial charge >= 0.3 is 0 Å². The van der Waals surface area contributed by atoms with E-state index < -0.39 is 5.82 Å². The van der Waals surface area contributed by atoms with Gasteiger partial charge in [0.15, 0.2) is 5.13 Å². The van der Waals surface area contributed by atoms with E-state index in [1.165, 1.54) is 24.6 Å². The standard InChI is InChI=1S/C22H23FN4O2S.C2H6/c1-27-11-3-6-17(27)13-29-18-9-7-16(8-10-18)25-22-26-21(24)20(30-22)19(28)14-4-2-5-15(23)12-14;1-2/h2,4-5,7-10,12,17H,3,6,11,13,24H2,1H3,(H,25,26);1-2H3/t17-;/m0./s1. The molecule has 2 heterocycles. The zero-order valence-electron chi connectivity index (χ0n) is 18.6. The van der Waals surface area contributed by atoms with Crippen molar-refractivity contribution in [2.75, 3.05) is 31.2 Å². The second kappa shape index (κ2) is 11.1. The molecule has 1 aliphatic rings. The minimum Gasteiger partial charge on any atom is -0.492 e. The van der Waals surface area contributed by atoms with Crippen molar-refractivity contribution < 1.29 is 13.9 Å². The minimum atomic E-state index is -0.468. The Morgan fingerprint density at radius 1 is 1.28 bits per heavy atom. The van der Waals surface area contributed by atoms with Crippen molar-refractivity contribution in [1.29, 1.82) is 0 Å². The first-order valence-electron chi connectivity index (χ1n) is 10.8. The van der Waals surface area contributed by atoms with Gasteiger partial charge in [-0.25, -0.2) is 9.37 Å². The number of thiazole rings is 1. The molecule has 0 aliphatic carbocycles. The molecule has 1 fully saturated rings. The first-order valence-corrected chi connectivity index (χ1v) is 11.6. The van der Waals surface area contributed by atoms with Crippen molar-refractivity contribution in [3.63, 3.8) is 0 Å². The number of likely N-dealkylation sites (N-methyl/N-ethyl adjacent to an activating group) is 1. The summed E-state index contributed by atoms with van der Waals surface area (Å²) in [7, 11) is 2.13. The van der Waals surface area contributed by atoms with Crippen LogP contribution < -0.4 is 15.8 Å². The summed E-state index contributed by atoms with van der Waals surface area (Å²) in [6.45, 7) is 5.80. The van der Waals surface area contributed by atoms with Gasteiger partial charge in [-0.05, 0) is 62.8 Å². The lowest BCUT2D eigenvalue weighted by Gasteiger charge is -2.19. The minimum absolute atomic E-state index is 0.123. The summed E-state index contributed by atoms with van der Waals surface area (Å²) in [5.41, 5.74) is 6.97. The highest BCUT2D eigenvalue weighted by Crippen LogP contribution is 2.30. The average molecular weight is 457 g/mol. The van der Waals surface area contributed by atoms with E-state index in [0.29, 0.717) is 17.8 Å². The maximum atomic E-state index is 13.4. The Labute approximate surface area is 192 Å². The number of nitrogen functional groups attached to an aromatic ring is 1. The molecule has 0 bridgehead atoms. The van der Waals surface area contributed by atoms with E-state index >= 15 is 0 Å². The molecule has 32 heavy (non-hydrogen) atoms. The number of halogens is 1. The molecule has 1 atom stereocenters. The Morgan fingerprint density at radius 2 is 2.03 bits per heavy atom. The highest BCUT2D eigenvalue weighted by molar-refractivity contribution is 7.18. The number of nitrogens with zero attached hydrogens (tertiary/aromatic N) is 2. The fourth-order valence-electron chi connectivity index (χ4n) is 3.45. The molecule has 6 nitrogen and oxygen atoms in total. The molecule has 4 rings (SSSR count). The van der Waals surface area contributed by atoms with Gasteiger partial charge in [0, 0.05) is 17.3 Å². The SMILES string of the molecule is CC.CN1CCC[C@H]1COc1ccc(Nc2nc(N)c(C(=O)c3cccc(F)c3)s2)cc1. The Kier molecular flexibility index (Phi) is 8.19. The number of hydrogen-bond acceptors (Lipinski definition) is 7. The van der Waals surface area contributed by atoms with Crippen molar-refractivity contribution >= 4 is 33.8 Å². The van der Waals surface area contributed by atoms with E-state index in [9.17, 15) is 9.18 Å². The number of aromatic nitrogens is 1. The molecule has 0 amide bonds. The van der Waals surface area contributed by atoms with Crippen LogP contribution in [0.5, 0.6) is 5.75 Å². The van der Waals surface area contributed by atoms with Crippen LogP contribution >= 0.6 is 11.3 Å². The molecule has 0 unspecified atom stereocenters. The molecular formula is C24H29FN4O2S. The molecular weight excluding hydrogens is 427 g/mol. The van der Waals surface area contributed by atoms with Gasteiger partial charge < -0.3 is 20.7 Å². The second-order valence-corrected chi connectivity index (χ2v) is 8.31. The number of carbonyl (C=O) groups excluding carboxylic acids is 1. The lowest BCUT2D eigenvalue weighted by atomic mass is 10.1. The third kappa shape index (κ3) is 5.83. The summed E-state index contributed by atoms with van der Waals surface area (Å²) in [5.74, 6) is 0.112. The van der Waals surface area contributed by atoms with Crippen LogP contribution in [0, 0.1) is 5.82 Å². The van der Waals surface area contributed by atoms with Crippen LogP contribution in [0.2, 0.25) is 0 Å². The predicted molar refractivity (Wildman–Crippen MR) is 129 cm³/mol. The molecule has 3 N–H and O–H groups in total. The van der Waals surface area contributed by atoms with Crippen LogP contribution in [0.1, 0.15) is 41.9 Å². The van der Waals surface area contributed by atoms with Crippen LogP contribution in [0.25, 0.3) is 0 Å². The summed E-state index contributed by atoms with van der Waals surface area (Å²) in [6.07, 6.45) is 2.38. The summed E-state index contributed by atoms with van der Waals surface area (Å²) in [6, 6.07) is 13.6. The molecule has 170 valence electrons. The second-order valence-electron chi connectivity index (χ2n) is 7.31. The van der Waals surface area contributed by atoms with E-state index in [4.69, 9.17) is 10.5 Å². The summed E-state index contributed by atoms with van der Waals surface area (Å²) in [4.78, 5) is 19.4. The average Bonchev–Trinajstić information content (AvgIpc) is 3.38. The van der Waals surface area contributed by atoms with Crippen molar-refractivity contribution in [3.8, 4) is 5.75 Å². The van der Waals surface area contributed by atoms with E-state index in [1.54, 1.807) is 6.07 Å². The maximum Gasteiger partial charge on any atom is 0.206 e. The van der Waals surface area contributed by atoms with Crippen molar-refractivity contribution in [3.05, 3.63) is 64.8 Å². The summed E-state index contributed by atoms with van der Waals surface area (Å²) >= 11 is 1.14. The monoisotopic (exact) mass is 456 g/mol. The molecule has 0 saturated carbocycles. The molecule has 0 radical (unpaired) electrons. The Morgan fingerprint density at radius 3 is 2.69 bits per heavy atom. The highest BCUT2D eigenvalue weighted by atomic mass is 32.1. The number of benzene rings is 2. The lowest BCUT2D eigenvalue weighted by Crippen LogP contribution is -2.30. The van der Waals surface area contributed by atoms with Crippen LogP contribution in [0.15, 0.2) is 48.5 Å². The normalized spacial score (nSPS) is 15.7. The third-order valence-electron chi connectivity index (χ3n) is 5.17. The van der Waals surface area contributed by atoms with E-state index in [0.717, 1.165) is 35.7 Å². The fourth-order valence-corrected chi connectivity index (χ4v) is 4.32. The predicted octanol–water partition coefficient (Wildman–Crippen LogP) is 5.34. The van der Waals surface area contributed by atoms with Gasteiger partial charge in [-0.3, -0.25) is 4.79 Å². The van der Waals surface area contributed by atoms with Gasteiger partial charge in [0.2, 0.25) is 5.78 Å². The van der Waals surface area contributed by atoms with Crippen LogP contribution in [0.4, 0.5) is 21.0 Å².